The molecule has 0 aliphatic carbocycles. The molecule has 0 unspecified atom stereocenters. The van der Waals surface area contributed by atoms with Crippen LogP contribution >= 0.6 is 0 Å². The smallest absolute Gasteiger partial charge is 0.425 e. The fourth-order valence-corrected chi connectivity index (χ4v) is 11.4. The molecule has 0 saturated carbocycles. The van der Waals surface area contributed by atoms with E-state index >= 15 is 0 Å². The number of nitrogens with zero attached hydrogens (tertiary/aromatic N) is 4. The van der Waals surface area contributed by atoms with Gasteiger partial charge in [0.15, 0.2) is 28.8 Å². The second-order valence-electron chi connectivity index (χ2n) is 21.2. The van der Waals surface area contributed by atoms with Crippen LogP contribution in [0.25, 0.3) is 43.8 Å². The lowest BCUT2D eigenvalue weighted by Crippen LogP contribution is -2.27. The number of hydrogen-bond acceptors (Lipinski definition) is 23. The van der Waals surface area contributed by atoms with Gasteiger partial charge in [0.2, 0.25) is 5.69 Å². The van der Waals surface area contributed by atoms with E-state index in [1.807, 2.05) is 76.2 Å². The van der Waals surface area contributed by atoms with Crippen LogP contribution in [0, 0.1) is 0 Å². The lowest BCUT2D eigenvalue weighted by Gasteiger charge is -2.22. The number of carbonyl (C=O) groups is 4. The van der Waals surface area contributed by atoms with Crippen molar-refractivity contribution < 1.29 is 93.8 Å². The number of carbonyl (C=O) groups excluding carboxylic acids is 8. The third-order valence-corrected chi connectivity index (χ3v) is 16.8. The first-order chi connectivity index (χ1) is 42.2. The standard InChI is InChI=1S/C30H34N2O5S.C27H28N2O2.C3H6O3S.2CO2.2O3S/c1-6-11-28(34)26-17-20(16-25(31-26)27(33)7-2)23-18-24-29(22-13-9-8-12-21(22)23)32(19(3)30(24,4)5)14-10-15-38(35,36)37;1-6-10-25(31)23-14-17(13-22(29-23)24(30)7-2)20-15-21-26(28-16(3)27(21,4)5)19-12-9-8-11-18(19)20;4-7(5)3-1-2-6-7;2*2-1-3;2*1-4(2)3/h8-9,12-13,16-18H,6-7,10-11,14-15H2,1-5H3;8-9,11-15H,6-7,10H2,1-5H3;1-3H2;;;;. The maximum absolute atomic E-state index is 12.9. The Balaban J connectivity index is 0.000000360. The molecular formula is C62H68N4O20S4. The summed E-state index contributed by atoms with van der Waals surface area (Å²) in [5.41, 5.74) is 10.7. The lowest BCUT2D eigenvalue weighted by atomic mass is 9.79. The Hall–Kier alpha value is -8.46. The van der Waals surface area contributed by atoms with Crippen LogP contribution in [0.15, 0.2) is 89.9 Å². The zero-order valence-corrected chi connectivity index (χ0v) is 54.4. The Labute approximate surface area is 524 Å². The number of rotatable bonds is 16. The van der Waals surface area contributed by atoms with Gasteiger partial charge >= 0.3 is 33.5 Å². The van der Waals surface area contributed by atoms with Crippen molar-refractivity contribution in [3.63, 3.8) is 0 Å². The van der Waals surface area contributed by atoms with Gasteiger partial charge in [0.05, 0.1) is 39.0 Å². The molecule has 480 valence electrons. The van der Waals surface area contributed by atoms with E-state index in [0.29, 0.717) is 62.3 Å². The van der Waals surface area contributed by atoms with Crippen LogP contribution in [0.5, 0.6) is 0 Å². The van der Waals surface area contributed by atoms with Gasteiger partial charge in [-0.05, 0) is 121 Å². The number of benzene rings is 4. The van der Waals surface area contributed by atoms with Crippen molar-refractivity contribution in [3.8, 4) is 22.3 Å². The molecule has 28 heteroatoms. The molecule has 0 atom stereocenters. The lowest BCUT2D eigenvalue weighted by molar-refractivity contribution is -0.437. The highest BCUT2D eigenvalue weighted by Gasteiger charge is 2.45. The van der Waals surface area contributed by atoms with Gasteiger partial charge in [-0.15, -0.1) is 25.3 Å². The highest BCUT2D eigenvalue weighted by Crippen LogP contribution is 2.49. The average molecular weight is 1320 g/mol. The predicted octanol–water partition coefficient (Wildman–Crippen LogP) is 9.23. The summed E-state index contributed by atoms with van der Waals surface area (Å²) in [6.45, 7) is 21.0. The van der Waals surface area contributed by atoms with E-state index in [4.69, 9.17) is 49.4 Å². The van der Waals surface area contributed by atoms with Gasteiger partial charge < -0.3 is 4.55 Å². The molecule has 1 fully saturated rings. The number of aliphatic imine (C=N–C) groups is 1. The van der Waals surface area contributed by atoms with Crippen molar-refractivity contribution in [3.05, 3.63) is 119 Å². The van der Waals surface area contributed by atoms with Crippen LogP contribution in [-0.2, 0) is 75.6 Å². The SMILES string of the molecule is CCCC(=O)c1cc(-c2cc3c(c4ccccc24)N=C(C)C3(C)C)cc(C(=O)CC)n1.CCCC(=O)c1cc(-c2cc3c(c4ccccc24)[N+](CCCS(=O)(=O)[O-])=C(C)C3(C)C)cc(C(=O)CC)n1.O=C=O.O=C=O.O=S(=O)=O.O=S(=O)=O.O=S1(=O)CCCO1. The number of hydrogen-bond donors (Lipinski definition) is 0. The summed E-state index contributed by atoms with van der Waals surface area (Å²) in [5.74, 6) is -0.507. The fraction of sp³-hybridized carbons (Fsp3) is 0.387. The molecule has 5 heterocycles. The molecular weight excluding hydrogens is 1250 g/mol. The molecule has 9 rings (SSSR count). The van der Waals surface area contributed by atoms with Crippen LogP contribution in [0.1, 0.15) is 174 Å². The predicted molar refractivity (Wildman–Crippen MR) is 329 cm³/mol. The summed E-state index contributed by atoms with van der Waals surface area (Å²) in [6.07, 6.45) is 4.23. The van der Waals surface area contributed by atoms with Crippen LogP contribution in [-0.4, -0.2) is 133 Å². The van der Waals surface area contributed by atoms with E-state index in [9.17, 15) is 40.6 Å². The summed E-state index contributed by atoms with van der Waals surface area (Å²) in [6, 6.07) is 27.7. The molecule has 0 radical (unpaired) electrons. The van der Waals surface area contributed by atoms with Gasteiger partial charge in [-0.2, -0.15) is 32.2 Å². The summed E-state index contributed by atoms with van der Waals surface area (Å²) < 4.78 is 111. The third-order valence-electron chi connectivity index (χ3n) is 14.7. The average Bonchev–Trinajstić information content (AvgIpc) is 1.54. The molecule has 2 aromatic heterocycles. The number of ketones is 4. The normalized spacial score (nSPS) is 14.1. The minimum atomic E-state index is -4.30. The zero-order valence-electron chi connectivity index (χ0n) is 51.2. The maximum Gasteiger partial charge on any atom is 0.425 e. The molecule has 0 N–H and O–H groups in total. The number of fused-ring (bicyclic) bond motifs is 6. The first-order valence-corrected chi connectivity index (χ1v) is 33.1. The quantitative estimate of drug-likeness (QED) is 0.0377. The largest absolute Gasteiger partial charge is 0.748 e. The van der Waals surface area contributed by atoms with Crippen LogP contribution in [0.4, 0.5) is 11.4 Å². The van der Waals surface area contributed by atoms with Crippen molar-refractivity contribution >= 4 is 121 Å². The summed E-state index contributed by atoms with van der Waals surface area (Å²) >= 11 is 0. The van der Waals surface area contributed by atoms with Crippen LogP contribution in [0.2, 0.25) is 0 Å². The van der Waals surface area contributed by atoms with E-state index in [0.717, 1.165) is 78.6 Å². The van der Waals surface area contributed by atoms with Gasteiger partial charge in [0.1, 0.15) is 29.3 Å². The molecule has 3 aliphatic heterocycles. The summed E-state index contributed by atoms with van der Waals surface area (Å²) in [5, 5.41) is 4.08. The van der Waals surface area contributed by atoms with Crippen molar-refractivity contribution in [2.24, 2.45) is 4.99 Å². The Morgan fingerprint density at radius 1 is 0.622 bits per heavy atom. The van der Waals surface area contributed by atoms with E-state index < -0.39 is 47.2 Å². The first-order valence-electron chi connectivity index (χ1n) is 28.0. The molecule has 24 nitrogen and oxygen atoms in total. The first kappa shape index (κ1) is 75.8. The topological polar surface area (TPSA) is 381 Å². The second kappa shape index (κ2) is 33.9. The van der Waals surface area contributed by atoms with Gasteiger partial charge in [0, 0.05) is 66.9 Å². The van der Waals surface area contributed by atoms with E-state index in [2.05, 4.69) is 77.6 Å². The minimum absolute atomic E-state index is 0.0283. The van der Waals surface area contributed by atoms with E-state index in [1.165, 1.54) is 5.56 Å². The van der Waals surface area contributed by atoms with E-state index in [1.54, 1.807) is 19.1 Å². The molecule has 0 bridgehead atoms. The molecule has 0 spiro atoms. The Morgan fingerprint density at radius 2 is 1.01 bits per heavy atom. The second-order valence-corrected chi connectivity index (χ2v) is 25.3. The molecule has 6 aromatic rings. The molecule has 90 heavy (non-hydrogen) atoms. The summed E-state index contributed by atoms with van der Waals surface area (Å²) in [4.78, 5) is 97.0. The molecule has 4 aromatic carbocycles. The van der Waals surface area contributed by atoms with Gasteiger partial charge in [-0.1, -0.05) is 84.0 Å². The highest BCUT2D eigenvalue weighted by atomic mass is 32.2. The maximum atomic E-state index is 12.9. The van der Waals surface area contributed by atoms with Crippen molar-refractivity contribution in [2.45, 2.75) is 131 Å². The number of pyridine rings is 2. The Bertz CT molecular complexity index is 4270. The van der Waals surface area contributed by atoms with Crippen molar-refractivity contribution in [2.75, 3.05) is 24.7 Å². The van der Waals surface area contributed by atoms with Crippen LogP contribution in [0.3, 0.4) is 0 Å². The molecule has 1 saturated heterocycles. The minimum Gasteiger partial charge on any atom is -0.748 e. The zero-order chi connectivity index (χ0) is 68.1. The third kappa shape index (κ3) is 20.3. The monoisotopic (exact) mass is 1320 g/mol. The van der Waals surface area contributed by atoms with Gasteiger partial charge in [0.25, 0.3) is 10.1 Å². The Kier molecular flexibility index (Phi) is 28.6. The molecule has 0 amide bonds. The van der Waals surface area contributed by atoms with Crippen molar-refractivity contribution in [1.82, 2.24) is 9.97 Å². The molecule has 3 aliphatic rings. The highest BCUT2D eigenvalue weighted by molar-refractivity contribution is 7.86. The van der Waals surface area contributed by atoms with Crippen LogP contribution < -0.4 is 0 Å². The Morgan fingerprint density at radius 3 is 1.38 bits per heavy atom. The van der Waals surface area contributed by atoms with E-state index in [-0.39, 0.29) is 70.6 Å². The van der Waals surface area contributed by atoms with Crippen molar-refractivity contribution in [1.29, 1.82) is 0 Å². The number of Topliss-reactive ketones (excluding diaryl/α,β-unsaturated/α-hetero) is 4. The van der Waals surface area contributed by atoms with Gasteiger partial charge in [-0.25, -0.2) is 18.4 Å². The summed E-state index contributed by atoms with van der Waals surface area (Å²) in [7, 11) is -13.6. The number of aromatic nitrogens is 2. The fourth-order valence-electron chi connectivity index (χ4n) is 9.94. The van der Waals surface area contributed by atoms with Gasteiger partial charge in [-0.3, -0.25) is 28.4 Å².